The summed E-state index contributed by atoms with van der Waals surface area (Å²) in [7, 11) is 0. The Balaban J connectivity index is 0.986. The van der Waals surface area contributed by atoms with E-state index < -0.39 is 60.8 Å². The van der Waals surface area contributed by atoms with Crippen molar-refractivity contribution in [3.8, 4) is 0 Å². The number of rotatable bonds is 24. The van der Waals surface area contributed by atoms with Crippen LogP contribution in [-0.2, 0) is 70.2 Å². The molecule has 0 aromatic heterocycles. The number of esters is 2. The molecule has 0 amide bonds. The van der Waals surface area contributed by atoms with E-state index in [1.807, 2.05) is 88.4 Å². The molecule has 0 aliphatic carbocycles. The molecule has 2 aromatic carbocycles. The summed E-state index contributed by atoms with van der Waals surface area (Å²) in [5.41, 5.74) is 2.07. The minimum absolute atomic E-state index is 0.130. The fraction of sp³-hybridized carbons (Fsp3) is 0.689. The summed E-state index contributed by atoms with van der Waals surface area (Å²) >= 11 is 0. The van der Waals surface area contributed by atoms with E-state index in [9.17, 15) is 9.59 Å². The van der Waals surface area contributed by atoms with E-state index >= 15 is 0 Å². The summed E-state index contributed by atoms with van der Waals surface area (Å²) in [6.07, 6.45) is 1.11. The van der Waals surface area contributed by atoms with Gasteiger partial charge in [0.15, 0.2) is 24.2 Å². The molecule has 328 valence electrons. The molecular weight excluding hydrogens is 760 g/mol. The molecule has 4 aliphatic rings. The molecule has 4 saturated heterocycles. The van der Waals surface area contributed by atoms with Crippen LogP contribution in [0.5, 0.6) is 0 Å². The van der Waals surface area contributed by atoms with Gasteiger partial charge in [0.2, 0.25) is 0 Å². The minimum atomic E-state index is -0.805. The second-order valence-electron chi connectivity index (χ2n) is 16.6. The van der Waals surface area contributed by atoms with Crippen LogP contribution in [0.4, 0.5) is 0 Å². The minimum Gasteiger partial charge on any atom is -0.466 e. The third-order valence-electron chi connectivity index (χ3n) is 11.0. The smallest absolute Gasteiger partial charge is 0.307 e. The van der Waals surface area contributed by atoms with Crippen LogP contribution in [0.3, 0.4) is 0 Å². The number of unbranched alkanes of at least 4 members (excludes halogenated alkanes) is 4. The largest absolute Gasteiger partial charge is 0.466 e. The Hall–Kier alpha value is -3.02. The molecule has 10 atom stereocenters. The van der Waals surface area contributed by atoms with Gasteiger partial charge in [0.1, 0.15) is 36.6 Å². The fourth-order valence-corrected chi connectivity index (χ4v) is 8.33. The van der Waals surface area contributed by atoms with Crippen molar-refractivity contribution in [3.63, 3.8) is 0 Å². The van der Waals surface area contributed by atoms with Crippen LogP contribution < -0.4 is 10.6 Å². The highest BCUT2D eigenvalue weighted by atomic mass is 16.9. The first-order valence-electron chi connectivity index (χ1n) is 21.6. The topological polar surface area (TPSA) is 150 Å². The number of hydrogen-bond acceptors (Lipinski definition) is 14. The van der Waals surface area contributed by atoms with Gasteiger partial charge in [-0.1, -0.05) is 79.9 Å². The zero-order valence-corrected chi connectivity index (χ0v) is 35.6. The molecule has 4 heterocycles. The highest BCUT2D eigenvalue weighted by molar-refractivity contribution is 5.70. The number of carbonyl (C=O) groups is 2. The Morgan fingerprint density at radius 3 is 1.37 bits per heavy atom. The lowest BCUT2D eigenvalue weighted by Gasteiger charge is -2.31. The van der Waals surface area contributed by atoms with Crippen molar-refractivity contribution in [2.75, 3.05) is 26.3 Å². The second kappa shape index (κ2) is 21.7. The summed E-state index contributed by atoms with van der Waals surface area (Å²) in [4.78, 5) is 25.6. The third-order valence-corrected chi connectivity index (χ3v) is 11.0. The van der Waals surface area contributed by atoms with Crippen molar-refractivity contribution in [2.24, 2.45) is 0 Å². The summed E-state index contributed by atoms with van der Waals surface area (Å²) in [5, 5.41) is 7.19. The van der Waals surface area contributed by atoms with Gasteiger partial charge in [0, 0.05) is 12.1 Å². The highest BCUT2D eigenvalue weighted by Gasteiger charge is 2.58. The Labute approximate surface area is 349 Å². The first-order chi connectivity index (χ1) is 28.4. The predicted molar refractivity (Wildman–Crippen MR) is 217 cm³/mol. The van der Waals surface area contributed by atoms with Crippen LogP contribution in [0.1, 0.15) is 97.6 Å². The van der Waals surface area contributed by atoms with E-state index in [1.165, 1.54) is 0 Å². The predicted octanol–water partition coefficient (Wildman–Crippen LogP) is 5.68. The molecule has 2 unspecified atom stereocenters. The van der Waals surface area contributed by atoms with Gasteiger partial charge in [-0.15, -0.1) is 0 Å². The highest BCUT2D eigenvalue weighted by Crippen LogP contribution is 2.42. The Kier molecular flexibility index (Phi) is 16.7. The maximum atomic E-state index is 12.8. The first kappa shape index (κ1) is 45.5. The number of benzene rings is 2. The van der Waals surface area contributed by atoms with E-state index in [1.54, 1.807) is 13.8 Å². The maximum absolute atomic E-state index is 12.8. The first-order valence-corrected chi connectivity index (χ1v) is 21.6. The number of hydrogen-bond donors (Lipinski definition) is 2. The maximum Gasteiger partial charge on any atom is 0.307 e. The van der Waals surface area contributed by atoms with Gasteiger partial charge in [-0.05, 0) is 78.6 Å². The Morgan fingerprint density at radius 1 is 0.593 bits per heavy atom. The summed E-state index contributed by atoms with van der Waals surface area (Å²) in [5.74, 6) is -2.21. The monoisotopic (exact) mass is 826 g/mol. The average molecular weight is 827 g/mol. The van der Waals surface area contributed by atoms with E-state index in [-0.39, 0.29) is 36.9 Å². The fourth-order valence-electron chi connectivity index (χ4n) is 8.33. The van der Waals surface area contributed by atoms with Gasteiger partial charge >= 0.3 is 11.9 Å². The molecule has 0 radical (unpaired) electrons. The van der Waals surface area contributed by atoms with E-state index in [0.29, 0.717) is 39.5 Å². The second-order valence-corrected chi connectivity index (χ2v) is 16.6. The van der Waals surface area contributed by atoms with Crippen LogP contribution in [0.15, 0.2) is 60.7 Å². The molecule has 59 heavy (non-hydrogen) atoms. The molecule has 0 saturated carbocycles. The SMILES string of the molecule is CCOC(=O)CC(NCCCCCCCNC(CC(=O)OCC)[C@@H]1O[C@H]2OC(C)(C)O[C@H]2[C@@H]1OCc1ccccc1)[C@H]1O[C@@H]2OC(C)(C)O[C@@H]2[C@H]1OCc1ccccc1. The van der Waals surface area contributed by atoms with Crippen molar-refractivity contribution in [2.45, 2.75) is 173 Å². The quantitative estimate of drug-likeness (QED) is 0.0987. The third kappa shape index (κ3) is 13.0. The van der Waals surface area contributed by atoms with Crippen molar-refractivity contribution in [1.82, 2.24) is 10.6 Å². The number of ether oxygens (including phenoxy) is 10. The summed E-state index contributed by atoms with van der Waals surface area (Å²) < 4.78 is 61.2. The normalized spacial score (nSPS) is 28.8. The molecule has 4 fully saturated rings. The molecule has 2 N–H and O–H groups in total. The molecule has 0 bridgehead atoms. The van der Waals surface area contributed by atoms with Crippen LogP contribution >= 0.6 is 0 Å². The van der Waals surface area contributed by atoms with Crippen LogP contribution in [0.2, 0.25) is 0 Å². The van der Waals surface area contributed by atoms with Gasteiger partial charge in [0.05, 0.1) is 39.3 Å². The Morgan fingerprint density at radius 2 is 0.983 bits per heavy atom. The summed E-state index contributed by atoms with van der Waals surface area (Å²) in [6, 6.07) is 19.2. The zero-order valence-electron chi connectivity index (χ0n) is 35.6. The van der Waals surface area contributed by atoms with Gasteiger partial charge < -0.3 is 58.0 Å². The van der Waals surface area contributed by atoms with Crippen molar-refractivity contribution in [1.29, 1.82) is 0 Å². The molecule has 6 rings (SSSR count). The van der Waals surface area contributed by atoms with Crippen molar-refractivity contribution in [3.05, 3.63) is 71.8 Å². The molecule has 4 aliphatic heterocycles. The van der Waals surface area contributed by atoms with Crippen molar-refractivity contribution >= 4 is 11.9 Å². The molecule has 14 nitrogen and oxygen atoms in total. The van der Waals surface area contributed by atoms with Gasteiger partial charge in [-0.3, -0.25) is 9.59 Å². The lowest BCUT2D eigenvalue weighted by molar-refractivity contribution is -0.223. The van der Waals surface area contributed by atoms with E-state index in [2.05, 4.69) is 10.6 Å². The number of carbonyl (C=O) groups excluding carboxylic acids is 2. The van der Waals surface area contributed by atoms with Crippen LogP contribution in [0.25, 0.3) is 0 Å². The molecular formula is C45H66N2O12. The summed E-state index contributed by atoms with van der Waals surface area (Å²) in [6.45, 7) is 13.8. The standard InChI is InChI=1S/C45H66N2O12/c1-7-50-34(48)26-32(36-38(52-28-30-20-14-12-15-21-30)40-42(54-36)58-44(3,4)56-40)46-24-18-10-9-11-19-25-47-33(27-35(49)51-8-2)37-39(53-29-31-22-16-13-17-23-31)41-43(55-37)59-45(5,6)57-41/h12-17,20-23,32-33,36-43,46-47H,7-11,18-19,24-29H2,1-6H3/t32?,33?,36-,37+,38+,39-,40-,41+,42-,43+. The zero-order chi connectivity index (χ0) is 41.8. The average Bonchev–Trinajstić information content (AvgIpc) is 3.89. The number of fused-ring (bicyclic) bond motifs is 2. The van der Waals surface area contributed by atoms with Gasteiger partial charge in [-0.25, -0.2) is 0 Å². The lowest BCUT2D eigenvalue weighted by atomic mass is 9.99. The van der Waals surface area contributed by atoms with E-state index in [4.69, 9.17) is 47.4 Å². The van der Waals surface area contributed by atoms with Gasteiger partial charge in [-0.2, -0.15) is 0 Å². The molecule has 14 heteroatoms. The van der Waals surface area contributed by atoms with Crippen molar-refractivity contribution < 1.29 is 57.0 Å². The molecule has 0 spiro atoms. The Bertz CT molecular complexity index is 1470. The van der Waals surface area contributed by atoms with E-state index in [0.717, 1.165) is 43.2 Å². The number of nitrogens with one attached hydrogen (secondary N) is 2. The lowest BCUT2D eigenvalue weighted by Crippen LogP contribution is -2.50. The van der Waals surface area contributed by atoms with Crippen LogP contribution in [-0.4, -0.2) is 111 Å². The van der Waals surface area contributed by atoms with Gasteiger partial charge in [0.25, 0.3) is 0 Å². The molecule has 2 aromatic rings. The van der Waals surface area contributed by atoms with Crippen LogP contribution in [0, 0.1) is 0 Å².